The molecule has 7 rings (SSSR count). The fourth-order valence-corrected chi connectivity index (χ4v) is 5.99. The number of para-hydroxylation sites is 1. The van der Waals surface area contributed by atoms with E-state index in [4.69, 9.17) is 14.2 Å². The van der Waals surface area contributed by atoms with Crippen LogP contribution >= 0.6 is 0 Å². The molecule has 4 aromatic rings. The molecule has 10 heteroatoms. The van der Waals surface area contributed by atoms with Crippen LogP contribution in [0, 0.1) is 0 Å². The number of amides is 2. The van der Waals surface area contributed by atoms with E-state index in [0.717, 1.165) is 11.6 Å². The van der Waals surface area contributed by atoms with Crippen LogP contribution in [0.3, 0.4) is 0 Å². The van der Waals surface area contributed by atoms with Crippen molar-refractivity contribution in [2.45, 2.75) is 24.7 Å². The summed E-state index contributed by atoms with van der Waals surface area (Å²) in [5, 5.41) is 2.62. The number of ether oxygens (including phenoxy) is 3. The van der Waals surface area contributed by atoms with E-state index < -0.39 is 23.1 Å². The second kappa shape index (κ2) is 9.54. The van der Waals surface area contributed by atoms with Gasteiger partial charge in [-0.1, -0.05) is 54.6 Å². The maximum atomic E-state index is 14.3. The van der Waals surface area contributed by atoms with E-state index in [1.54, 1.807) is 41.3 Å². The van der Waals surface area contributed by atoms with Crippen LogP contribution in [-0.2, 0) is 29.5 Å². The molecule has 0 aromatic heterocycles. The van der Waals surface area contributed by atoms with Crippen molar-refractivity contribution in [1.82, 2.24) is 5.32 Å². The van der Waals surface area contributed by atoms with Gasteiger partial charge in [0.1, 0.15) is 17.8 Å². The van der Waals surface area contributed by atoms with Gasteiger partial charge in [-0.25, -0.2) is 0 Å². The summed E-state index contributed by atoms with van der Waals surface area (Å²) in [7, 11) is 0. The molecule has 7 nitrogen and oxygen atoms in total. The Bertz CT molecular complexity index is 1750. The van der Waals surface area contributed by atoms with Crippen LogP contribution in [0.25, 0.3) is 0 Å². The number of nitrogens with one attached hydrogen (secondary N) is 1. The lowest BCUT2D eigenvalue weighted by Crippen LogP contribution is -2.42. The quantitative estimate of drug-likeness (QED) is 0.338. The molecule has 0 radical (unpaired) electrons. The summed E-state index contributed by atoms with van der Waals surface area (Å²) in [4.78, 5) is 29.3. The zero-order chi connectivity index (χ0) is 29.1. The third kappa shape index (κ3) is 3.97. The molecule has 212 valence electrons. The topological polar surface area (TPSA) is 77.1 Å². The Morgan fingerprint density at radius 1 is 0.833 bits per heavy atom. The molecule has 0 fully saturated rings. The van der Waals surface area contributed by atoms with Crippen molar-refractivity contribution < 1.29 is 37.0 Å². The first-order valence-corrected chi connectivity index (χ1v) is 13.3. The van der Waals surface area contributed by atoms with E-state index in [1.807, 2.05) is 24.3 Å². The third-order valence-electron chi connectivity index (χ3n) is 8.00. The summed E-state index contributed by atoms with van der Waals surface area (Å²) in [5.41, 5.74) is 1.01. The maximum absolute atomic E-state index is 14.3. The number of fused-ring (bicyclic) bond motifs is 5. The van der Waals surface area contributed by atoms with Gasteiger partial charge in [-0.05, 0) is 41.0 Å². The molecule has 0 saturated carbocycles. The predicted octanol–water partition coefficient (Wildman–Crippen LogP) is 5.59. The fraction of sp³-hybridized carbons (Fsp3) is 0.188. The molecule has 0 bridgehead atoms. The van der Waals surface area contributed by atoms with Crippen LogP contribution in [0.1, 0.15) is 38.2 Å². The highest BCUT2D eigenvalue weighted by Crippen LogP contribution is 2.55. The van der Waals surface area contributed by atoms with Crippen LogP contribution in [0.15, 0.2) is 84.9 Å². The minimum Gasteiger partial charge on any atom is -0.491 e. The fourth-order valence-electron chi connectivity index (χ4n) is 5.99. The second-order valence-corrected chi connectivity index (χ2v) is 10.3. The van der Waals surface area contributed by atoms with Gasteiger partial charge in [0.2, 0.25) is 12.7 Å². The summed E-state index contributed by atoms with van der Waals surface area (Å²) < 4.78 is 57.5. The highest BCUT2D eigenvalue weighted by Gasteiger charge is 2.57. The number of carbonyl (C=O) groups excluding carboxylic acids is 2. The second-order valence-electron chi connectivity index (χ2n) is 10.3. The molecule has 1 spiro atoms. The molecule has 3 heterocycles. The normalized spacial score (nSPS) is 18.2. The number of nitrogens with zero attached hydrogens (tertiary/aromatic N) is 1. The number of halogens is 3. The standard InChI is InChI=1S/C32H23F3N2O5/c33-32(34,35)22-10-4-2-7-19(22)15-36-29(38)21-9-3-1-8-20(21)16-37-25-12-6-5-11-23(25)31(30(37)39)17-40-26-14-28-27(13-24(26)31)41-18-42-28/h1-14H,15-18H2,(H,36,38). The average Bonchev–Trinajstić information content (AvgIpc) is 3.67. The Labute approximate surface area is 238 Å². The van der Waals surface area contributed by atoms with E-state index in [0.29, 0.717) is 34.1 Å². The summed E-state index contributed by atoms with van der Waals surface area (Å²) in [6, 6.07) is 22.9. The smallest absolute Gasteiger partial charge is 0.416 e. The molecular weight excluding hydrogens is 549 g/mol. The van der Waals surface area contributed by atoms with Gasteiger partial charge in [-0.2, -0.15) is 13.2 Å². The van der Waals surface area contributed by atoms with Gasteiger partial charge in [0.25, 0.3) is 5.91 Å². The van der Waals surface area contributed by atoms with Crippen molar-refractivity contribution in [3.8, 4) is 17.2 Å². The van der Waals surface area contributed by atoms with Gasteiger partial charge >= 0.3 is 6.18 Å². The molecule has 42 heavy (non-hydrogen) atoms. The Balaban J connectivity index is 1.20. The van der Waals surface area contributed by atoms with Crippen molar-refractivity contribution in [3.05, 3.63) is 118 Å². The highest BCUT2D eigenvalue weighted by molar-refractivity contribution is 6.11. The zero-order valence-electron chi connectivity index (χ0n) is 22.0. The Kier molecular flexibility index (Phi) is 5.89. The average molecular weight is 573 g/mol. The van der Waals surface area contributed by atoms with Gasteiger partial charge in [-0.15, -0.1) is 0 Å². The summed E-state index contributed by atoms with van der Waals surface area (Å²) in [6.07, 6.45) is -4.54. The lowest BCUT2D eigenvalue weighted by atomic mass is 9.77. The number of hydrogen-bond donors (Lipinski definition) is 1. The molecule has 1 unspecified atom stereocenters. The Hall–Kier alpha value is -4.99. The zero-order valence-corrected chi connectivity index (χ0v) is 22.0. The van der Waals surface area contributed by atoms with Gasteiger partial charge in [0.15, 0.2) is 11.5 Å². The SMILES string of the molecule is O=C(NCc1ccccc1C(F)(F)F)c1ccccc1CN1C(=O)C2(COc3cc4c(cc32)OCO4)c2ccccc21. The van der Waals surface area contributed by atoms with Gasteiger partial charge < -0.3 is 24.4 Å². The molecule has 2 amide bonds. The Morgan fingerprint density at radius 2 is 1.52 bits per heavy atom. The minimum absolute atomic E-state index is 0.0396. The van der Waals surface area contributed by atoms with Gasteiger partial charge in [0, 0.05) is 29.4 Å². The molecular formula is C32H23F3N2O5. The number of hydrogen-bond acceptors (Lipinski definition) is 5. The van der Waals surface area contributed by atoms with E-state index in [-0.39, 0.29) is 43.5 Å². The molecule has 0 saturated heterocycles. The Morgan fingerprint density at radius 3 is 2.33 bits per heavy atom. The largest absolute Gasteiger partial charge is 0.491 e. The van der Waals surface area contributed by atoms with E-state index in [9.17, 15) is 22.8 Å². The van der Waals surface area contributed by atoms with E-state index in [2.05, 4.69) is 5.32 Å². The van der Waals surface area contributed by atoms with Crippen LogP contribution in [0.5, 0.6) is 17.2 Å². The molecule has 3 aliphatic heterocycles. The third-order valence-corrected chi connectivity index (χ3v) is 8.00. The number of anilines is 1. The van der Waals surface area contributed by atoms with Crippen LogP contribution < -0.4 is 24.4 Å². The van der Waals surface area contributed by atoms with Crippen molar-refractivity contribution in [2.75, 3.05) is 18.3 Å². The molecule has 1 N–H and O–H groups in total. The molecule has 4 aromatic carbocycles. The van der Waals surface area contributed by atoms with Crippen LogP contribution in [0.4, 0.5) is 18.9 Å². The first-order chi connectivity index (χ1) is 20.3. The number of carbonyl (C=O) groups is 2. The van der Waals surface area contributed by atoms with Crippen molar-refractivity contribution in [3.63, 3.8) is 0 Å². The van der Waals surface area contributed by atoms with Gasteiger partial charge in [-0.3, -0.25) is 9.59 Å². The van der Waals surface area contributed by atoms with E-state index in [1.165, 1.54) is 18.2 Å². The highest BCUT2D eigenvalue weighted by atomic mass is 19.4. The maximum Gasteiger partial charge on any atom is 0.416 e. The van der Waals surface area contributed by atoms with Crippen molar-refractivity contribution >= 4 is 17.5 Å². The number of alkyl halides is 3. The number of benzene rings is 4. The lowest BCUT2D eigenvalue weighted by molar-refractivity contribution is -0.138. The first kappa shape index (κ1) is 25.9. The van der Waals surface area contributed by atoms with Crippen LogP contribution in [0.2, 0.25) is 0 Å². The van der Waals surface area contributed by atoms with Gasteiger partial charge in [0.05, 0.1) is 12.1 Å². The van der Waals surface area contributed by atoms with Crippen molar-refractivity contribution in [2.24, 2.45) is 0 Å². The monoisotopic (exact) mass is 572 g/mol. The van der Waals surface area contributed by atoms with Crippen LogP contribution in [-0.4, -0.2) is 25.2 Å². The summed E-state index contributed by atoms with van der Waals surface area (Å²) >= 11 is 0. The summed E-state index contributed by atoms with van der Waals surface area (Å²) in [5.74, 6) is 0.883. The minimum atomic E-state index is -4.54. The molecule has 3 aliphatic rings. The lowest BCUT2D eigenvalue weighted by Gasteiger charge is -2.24. The predicted molar refractivity (Wildman–Crippen MR) is 146 cm³/mol. The van der Waals surface area contributed by atoms with Crippen molar-refractivity contribution in [1.29, 1.82) is 0 Å². The first-order valence-electron chi connectivity index (χ1n) is 13.3. The molecule has 1 atom stereocenters. The molecule has 0 aliphatic carbocycles. The van der Waals surface area contributed by atoms with E-state index >= 15 is 0 Å². The summed E-state index contributed by atoms with van der Waals surface area (Å²) in [6.45, 7) is -0.0528. The number of rotatable bonds is 5.